The van der Waals surface area contributed by atoms with Crippen LogP contribution in [0.2, 0.25) is 0 Å². The van der Waals surface area contributed by atoms with Gasteiger partial charge in [-0.05, 0) is 18.1 Å². The molecule has 24 heavy (non-hydrogen) atoms. The lowest BCUT2D eigenvalue weighted by Crippen LogP contribution is -2.44. The Balaban J connectivity index is 2.07. The van der Waals surface area contributed by atoms with Crippen LogP contribution in [-0.4, -0.2) is 29.9 Å². The predicted octanol–water partition coefficient (Wildman–Crippen LogP) is 2.57. The second-order valence-corrected chi connectivity index (χ2v) is 5.74. The van der Waals surface area contributed by atoms with Crippen LogP contribution >= 0.6 is 0 Å². The molecular formula is C16H16F3N3O2. The van der Waals surface area contributed by atoms with Crippen LogP contribution in [0.1, 0.15) is 30.5 Å². The van der Waals surface area contributed by atoms with Gasteiger partial charge in [-0.25, -0.2) is 4.79 Å². The molecule has 0 unspecified atom stereocenters. The van der Waals surface area contributed by atoms with E-state index in [-0.39, 0.29) is 23.6 Å². The average molecular weight is 339 g/mol. The van der Waals surface area contributed by atoms with Gasteiger partial charge in [0.1, 0.15) is 0 Å². The van der Waals surface area contributed by atoms with E-state index in [1.165, 1.54) is 23.1 Å². The molecule has 0 aliphatic carbocycles. The lowest BCUT2D eigenvalue weighted by molar-refractivity contribution is -0.138. The van der Waals surface area contributed by atoms with Gasteiger partial charge in [0.05, 0.1) is 29.4 Å². The van der Waals surface area contributed by atoms with Crippen LogP contribution in [-0.2, 0) is 11.0 Å². The van der Waals surface area contributed by atoms with Gasteiger partial charge in [0.25, 0.3) is 5.91 Å². The second kappa shape index (κ2) is 5.85. The minimum absolute atomic E-state index is 0.126. The molecule has 1 aromatic rings. The Hall–Kier alpha value is -2.51. The van der Waals surface area contributed by atoms with Crippen LogP contribution in [0.4, 0.5) is 18.0 Å². The highest BCUT2D eigenvalue weighted by Crippen LogP contribution is 2.39. The fourth-order valence-corrected chi connectivity index (χ4v) is 3.12. The van der Waals surface area contributed by atoms with E-state index in [0.29, 0.717) is 12.2 Å². The molecule has 1 aromatic carbocycles. The van der Waals surface area contributed by atoms with Gasteiger partial charge in [-0.1, -0.05) is 25.1 Å². The number of alkyl halides is 3. The average Bonchev–Trinajstić information content (AvgIpc) is 2.82. The molecule has 0 fully saturated rings. The van der Waals surface area contributed by atoms with E-state index in [2.05, 4.69) is 10.6 Å². The first-order chi connectivity index (χ1) is 11.3. The van der Waals surface area contributed by atoms with E-state index in [9.17, 15) is 22.8 Å². The lowest BCUT2D eigenvalue weighted by Gasteiger charge is -2.27. The summed E-state index contributed by atoms with van der Waals surface area (Å²) >= 11 is 0. The highest BCUT2D eigenvalue weighted by atomic mass is 19.4. The third kappa shape index (κ3) is 2.72. The molecule has 3 amide bonds. The van der Waals surface area contributed by atoms with Gasteiger partial charge < -0.3 is 15.5 Å². The van der Waals surface area contributed by atoms with Crippen LogP contribution in [0, 0.1) is 0 Å². The molecular weight excluding hydrogens is 323 g/mol. The normalized spacial score (nSPS) is 20.8. The summed E-state index contributed by atoms with van der Waals surface area (Å²) in [6.45, 7) is 2.59. The number of nitrogens with one attached hydrogen (secondary N) is 2. The number of hydrogen-bond donors (Lipinski definition) is 2. The Bertz CT molecular complexity index is 728. The standard InChI is InChI=1S/C16H16F3N3O2/c1-2-7-22-8-11-12(14(22)23)13(21-15(24)20-11)9-5-3-4-6-10(9)16(17,18)19/h3-6,13H,2,7-8H2,1H3,(H2,20,21,24)/t13-/m0/s1. The van der Waals surface area contributed by atoms with E-state index in [4.69, 9.17) is 0 Å². The molecule has 8 heteroatoms. The number of hydrogen-bond acceptors (Lipinski definition) is 2. The van der Waals surface area contributed by atoms with Crippen LogP contribution in [0.5, 0.6) is 0 Å². The Morgan fingerprint density at radius 3 is 2.62 bits per heavy atom. The first-order valence-corrected chi connectivity index (χ1v) is 7.59. The largest absolute Gasteiger partial charge is 0.416 e. The van der Waals surface area contributed by atoms with Crippen molar-refractivity contribution in [1.82, 2.24) is 15.5 Å². The van der Waals surface area contributed by atoms with Crippen molar-refractivity contribution in [3.63, 3.8) is 0 Å². The van der Waals surface area contributed by atoms with E-state index >= 15 is 0 Å². The summed E-state index contributed by atoms with van der Waals surface area (Å²) in [7, 11) is 0. The van der Waals surface area contributed by atoms with Crippen LogP contribution < -0.4 is 10.6 Å². The highest BCUT2D eigenvalue weighted by molar-refractivity contribution is 6.01. The molecule has 0 saturated heterocycles. The van der Waals surface area contributed by atoms with Crippen LogP contribution in [0.3, 0.4) is 0 Å². The molecule has 3 rings (SSSR count). The third-order valence-electron chi connectivity index (χ3n) is 4.09. The van der Waals surface area contributed by atoms with Crippen LogP contribution in [0.25, 0.3) is 0 Å². The van der Waals surface area contributed by atoms with Crippen molar-refractivity contribution in [1.29, 1.82) is 0 Å². The van der Waals surface area contributed by atoms with Gasteiger partial charge >= 0.3 is 12.2 Å². The summed E-state index contributed by atoms with van der Waals surface area (Å²) in [5.41, 5.74) is -0.427. The highest BCUT2D eigenvalue weighted by Gasteiger charge is 2.43. The summed E-state index contributed by atoms with van der Waals surface area (Å²) in [6, 6.07) is 3.27. The monoisotopic (exact) mass is 339 g/mol. The zero-order valence-corrected chi connectivity index (χ0v) is 12.9. The SMILES string of the molecule is CCCN1CC2=C(C1=O)[C@H](c1ccccc1C(F)(F)F)NC(=O)N2. The van der Waals surface area contributed by atoms with Gasteiger partial charge in [-0.3, -0.25) is 4.79 Å². The number of carbonyl (C=O) groups is 2. The third-order valence-corrected chi connectivity index (χ3v) is 4.09. The maximum atomic E-state index is 13.3. The fourth-order valence-electron chi connectivity index (χ4n) is 3.12. The molecule has 2 N–H and O–H groups in total. The fraction of sp³-hybridized carbons (Fsp3) is 0.375. The quantitative estimate of drug-likeness (QED) is 0.889. The zero-order valence-electron chi connectivity index (χ0n) is 12.9. The zero-order chi connectivity index (χ0) is 17.5. The summed E-state index contributed by atoms with van der Waals surface area (Å²) in [6.07, 6.45) is -3.85. The van der Waals surface area contributed by atoms with Crippen molar-refractivity contribution in [2.75, 3.05) is 13.1 Å². The molecule has 0 spiro atoms. The molecule has 0 bridgehead atoms. The number of amides is 3. The Kier molecular flexibility index (Phi) is 3.98. The minimum Gasteiger partial charge on any atom is -0.333 e. The van der Waals surface area contributed by atoms with Crippen molar-refractivity contribution in [2.24, 2.45) is 0 Å². The number of urea groups is 1. The Labute approximate surface area is 136 Å². The van der Waals surface area contributed by atoms with E-state index < -0.39 is 23.8 Å². The number of rotatable bonds is 3. The van der Waals surface area contributed by atoms with Crippen molar-refractivity contribution in [3.8, 4) is 0 Å². The van der Waals surface area contributed by atoms with Gasteiger partial charge in [0, 0.05) is 6.54 Å². The predicted molar refractivity (Wildman–Crippen MR) is 79.7 cm³/mol. The van der Waals surface area contributed by atoms with E-state index in [1.807, 2.05) is 6.92 Å². The molecule has 1 atom stereocenters. The molecule has 0 aromatic heterocycles. The lowest BCUT2D eigenvalue weighted by atomic mass is 9.92. The van der Waals surface area contributed by atoms with E-state index in [0.717, 1.165) is 12.5 Å². The first kappa shape index (κ1) is 16.4. The maximum Gasteiger partial charge on any atom is 0.416 e. The van der Waals surface area contributed by atoms with Crippen molar-refractivity contribution in [2.45, 2.75) is 25.6 Å². The van der Waals surface area contributed by atoms with Gasteiger partial charge in [-0.15, -0.1) is 0 Å². The number of benzene rings is 1. The second-order valence-electron chi connectivity index (χ2n) is 5.74. The number of carbonyl (C=O) groups excluding carboxylic acids is 2. The molecule has 0 radical (unpaired) electrons. The van der Waals surface area contributed by atoms with Crippen LogP contribution in [0.15, 0.2) is 35.5 Å². The smallest absolute Gasteiger partial charge is 0.333 e. The minimum atomic E-state index is -4.57. The molecule has 5 nitrogen and oxygen atoms in total. The summed E-state index contributed by atoms with van der Waals surface area (Å²) in [5.74, 6) is -0.346. The summed E-state index contributed by atoms with van der Waals surface area (Å²) in [4.78, 5) is 26.0. The van der Waals surface area contributed by atoms with Gasteiger partial charge in [0.15, 0.2) is 0 Å². The molecule has 128 valence electrons. The van der Waals surface area contributed by atoms with Crippen molar-refractivity contribution in [3.05, 3.63) is 46.7 Å². The van der Waals surface area contributed by atoms with E-state index in [1.54, 1.807) is 0 Å². The first-order valence-electron chi connectivity index (χ1n) is 7.59. The van der Waals surface area contributed by atoms with Gasteiger partial charge in [-0.2, -0.15) is 13.2 Å². The maximum absolute atomic E-state index is 13.3. The Morgan fingerprint density at radius 2 is 1.96 bits per heavy atom. The van der Waals surface area contributed by atoms with Crippen molar-refractivity contribution < 1.29 is 22.8 Å². The molecule has 2 aliphatic heterocycles. The topological polar surface area (TPSA) is 61.4 Å². The Morgan fingerprint density at radius 1 is 1.25 bits per heavy atom. The molecule has 0 saturated carbocycles. The molecule has 2 heterocycles. The number of halogens is 3. The summed E-state index contributed by atoms with van der Waals surface area (Å²) in [5, 5.41) is 5.00. The summed E-state index contributed by atoms with van der Waals surface area (Å²) < 4.78 is 39.9. The molecule has 2 aliphatic rings. The van der Waals surface area contributed by atoms with Gasteiger partial charge in [0.2, 0.25) is 0 Å². The number of nitrogens with zero attached hydrogens (tertiary/aromatic N) is 1. The van der Waals surface area contributed by atoms with Crippen molar-refractivity contribution >= 4 is 11.9 Å².